The number of hydrogen-bond acceptors (Lipinski definition) is 7. The highest BCUT2D eigenvalue weighted by atomic mass is 16.8. The Kier molecular flexibility index (Phi) is 4.18. The van der Waals surface area contributed by atoms with Gasteiger partial charge in [0.2, 0.25) is 0 Å². The van der Waals surface area contributed by atoms with Crippen LogP contribution in [0.1, 0.15) is 24.2 Å². The van der Waals surface area contributed by atoms with Crippen LogP contribution in [0, 0.1) is 0 Å². The predicted octanol–water partition coefficient (Wildman–Crippen LogP) is 0.465. The van der Waals surface area contributed by atoms with Gasteiger partial charge in [-0.2, -0.15) is 0 Å². The topological polar surface area (TPSA) is 86.2 Å². The van der Waals surface area contributed by atoms with E-state index >= 15 is 0 Å². The summed E-state index contributed by atoms with van der Waals surface area (Å²) >= 11 is 0. The maximum Gasteiger partial charge on any atom is 0.176 e. The minimum atomic E-state index is -0.912. The molecule has 1 aromatic rings. The molecule has 3 saturated heterocycles. The number of Topliss-reactive ketones (excluding diaryl/α,β-unsaturated/α-hetero) is 1. The van der Waals surface area contributed by atoms with Crippen LogP contribution in [0.25, 0.3) is 0 Å². The third-order valence-corrected chi connectivity index (χ3v) is 5.00. The van der Waals surface area contributed by atoms with Crippen molar-refractivity contribution < 1.29 is 28.8 Å². The zero-order chi connectivity index (χ0) is 17.7. The second-order valence-electron chi connectivity index (χ2n) is 7.24. The average molecular weight is 349 g/mol. The third kappa shape index (κ3) is 2.91. The van der Waals surface area contributed by atoms with E-state index in [1.165, 1.54) is 0 Å². The maximum atomic E-state index is 12.4. The van der Waals surface area contributed by atoms with E-state index in [2.05, 4.69) is 5.32 Å². The van der Waals surface area contributed by atoms with E-state index in [1.807, 2.05) is 32.0 Å². The Balaban J connectivity index is 1.51. The van der Waals surface area contributed by atoms with Crippen molar-refractivity contribution in [2.45, 2.75) is 49.8 Å². The molecule has 5 atom stereocenters. The van der Waals surface area contributed by atoms with Crippen LogP contribution >= 0.6 is 0 Å². The van der Waals surface area contributed by atoms with Crippen molar-refractivity contribution in [3.05, 3.63) is 35.9 Å². The fraction of sp³-hybridized carbons (Fsp3) is 0.611. The number of aliphatic hydroxyl groups excluding tert-OH is 1. The van der Waals surface area contributed by atoms with Crippen molar-refractivity contribution in [2.75, 3.05) is 19.8 Å². The molecule has 136 valence electrons. The molecule has 2 N–H and O–H groups in total. The smallest absolute Gasteiger partial charge is 0.176 e. The molecule has 7 nitrogen and oxygen atoms in total. The Labute approximate surface area is 146 Å². The first-order valence-corrected chi connectivity index (χ1v) is 8.52. The number of ketones is 1. The summed E-state index contributed by atoms with van der Waals surface area (Å²) in [4.78, 5) is 12.4. The molecule has 0 spiro atoms. The minimum Gasteiger partial charge on any atom is -0.393 e. The zero-order valence-corrected chi connectivity index (χ0v) is 14.3. The van der Waals surface area contributed by atoms with Gasteiger partial charge in [0.15, 0.2) is 17.9 Å². The summed E-state index contributed by atoms with van der Waals surface area (Å²) in [7, 11) is 0. The quantitative estimate of drug-likeness (QED) is 0.747. The molecule has 3 aliphatic rings. The molecule has 1 unspecified atom stereocenters. The lowest BCUT2D eigenvalue weighted by atomic mass is 9.88. The van der Waals surface area contributed by atoms with Gasteiger partial charge in [-0.1, -0.05) is 30.3 Å². The number of rotatable bonds is 5. The van der Waals surface area contributed by atoms with Gasteiger partial charge in [-0.3, -0.25) is 10.1 Å². The summed E-state index contributed by atoms with van der Waals surface area (Å²) in [6.07, 6.45) is -1.42. The van der Waals surface area contributed by atoms with Gasteiger partial charge in [0.1, 0.15) is 17.8 Å². The number of aliphatic hydroxyl groups is 1. The standard InChI is InChI=1S/C18H23NO6/c1-17(2)23-14-13(19-8-12(21)11-6-4-3-5-7-11)16-22-10-18(9-20,25-16)15(14)24-17/h3-7,13-16,19-20H,8-10H2,1-2H3/t13-,14-,15-,16?,18+/m1/s1. The number of carbonyl (C=O) groups is 1. The fourth-order valence-electron chi connectivity index (χ4n) is 3.78. The second kappa shape index (κ2) is 6.12. The molecule has 0 saturated carbocycles. The SMILES string of the molecule is CC1(C)O[C@H]2[C@@H](O1)[C@]1(CO)COC(O1)[C@@H]2NCC(=O)c1ccccc1. The number of carbonyl (C=O) groups excluding carboxylic acids is 1. The number of hydrogen-bond donors (Lipinski definition) is 2. The highest BCUT2D eigenvalue weighted by molar-refractivity contribution is 5.97. The van der Waals surface area contributed by atoms with E-state index in [4.69, 9.17) is 18.9 Å². The molecule has 4 rings (SSSR count). The van der Waals surface area contributed by atoms with Gasteiger partial charge >= 0.3 is 0 Å². The third-order valence-electron chi connectivity index (χ3n) is 5.00. The molecule has 1 aromatic carbocycles. The van der Waals surface area contributed by atoms with Crippen LogP contribution in [-0.2, 0) is 18.9 Å². The Hall–Kier alpha value is -1.35. The maximum absolute atomic E-state index is 12.4. The molecule has 3 heterocycles. The van der Waals surface area contributed by atoms with Gasteiger partial charge in [-0.25, -0.2) is 0 Å². The molecule has 3 aliphatic heterocycles. The highest BCUT2D eigenvalue weighted by Gasteiger charge is 2.65. The molecule has 0 aromatic heterocycles. The summed E-state index contributed by atoms with van der Waals surface area (Å²) < 4.78 is 23.7. The van der Waals surface area contributed by atoms with Crippen molar-refractivity contribution in [2.24, 2.45) is 0 Å². The highest BCUT2D eigenvalue weighted by Crippen LogP contribution is 2.45. The molecular formula is C18H23NO6. The molecule has 3 fully saturated rings. The Morgan fingerprint density at radius 1 is 1.24 bits per heavy atom. The largest absolute Gasteiger partial charge is 0.393 e. The van der Waals surface area contributed by atoms with E-state index in [0.29, 0.717) is 5.56 Å². The summed E-state index contributed by atoms with van der Waals surface area (Å²) in [6.45, 7) is 3.82. The summed E-state index contributed by atoms with van der Waals surface area (Å²) in [5.41, 5.74) is -0.269. The summed E-state index contributed by atoms with van der Waals surface area (Å²) in [5.74, 6) is -0.804. The van der Waals surface area contributed by atoms with Crippen LogP contribution in [0.3, 0.4) is 0 Å². The number of benzene rings is 1. The number of nitrogens with one attached hydrogen (secondary N) is 1. The normalized spacial score (nSPS) is 38.5. The Bertz CT molecular complexity index is 650. The van der Waals surface area contributed by atoms with Gasteiger partial charge < -0.3 is 24.1 Å². The van der Waals surface area contributed by atoms with Crippen LogP contribution in [0.4, 0.5) is 0 Å². The summed E-state index contributed by atoms with van der Waals surface area (Å²) in [5, 5.41) is 13.0. The lowest BCUT2D eigenvalue weighted by molar-refractivity contribution is -0.207. The molecule has 0 radical (unpaired) electrons. The first kappa shape index (κ1) is 17.1. The Morgan fingerprint density at radius 2 is 2.00 bits per heavy atom. The van der Waals surface area contributed by atoms with Crippen molar-refractivity contribution in [1.82, 2.24) is 5.32 Å². The monoisotopic (exact) mass is 349 g/mol. The van der Waals surface area contributed by atoms with Gasteiger partial charge in [0.05, 0.1) is 25.8 Å². The van der Waals surface area contributed by atoms with E-state index in [-0.39, 0.29) is 37.7 Å². The van der Waals surface area contributed by atoms with Crippen LogP contribution in [0.5, 0.6) is 0 Å². The summed E-state index contributed by atoms with van der Waals surface area (Å²) in [6, 6.07) is 8.74. The lowest BCUT2D eigenvalue weighted by Gasteiger charge is -2.41. The molecule has 7 heteroatoms. The molecule has 25 heavy (non-hydrogen) atoms. The van der Waals surface area contributed by atoms with Crippen molar-refractivity contribution in [3.8, 4) is 0 Å². The first-order valence-electron chi connectivity index (χ1n) is 8.52. The van der Waals surface area contributed by atoms with Crippen molar-refractivity contribution >= 4 is 5.78 Å². The van der Waals surface area contributed by atoms with Crippen molar-refractivity contribution in [3.63, 3.8) is 0 Å². The van der Waals surface area contributed by atoms with E-state index in [0.717, 1.165) is 0 Å². The van der Waals surface area contributed by atoms with Crippen molar-refractivity contribution in [1.29, 1.82) is 0 Å². The van der Waals surface area contributed by atoms with E-state index in [1.54, 1.807) is 12.1 Å². The molecule has 2 bridgehead atoms. The van der Waals surface area contributed by atoms with Crippen LogP contribution in [0.15, 0.2) is 30.3 Å². The van der Waals surface area contributed by atoms with Gasteiger partial charge in [-0.05, 0) is 13.8 Å². The fourth-order valence-corrected chi connectivity index (χ4v) is 3.78. The van der Waals surface area contributed by atoms with E-state index in [9.17, 15) is 9.90 Å². The van der Waals surface area contributed by atoms with Crippen LogP contribution < -0.4 is 5.32 Å². The molecule has 0 amide bonds. The lowest BCUT2D eigenvalue weighted by Crippen LogP contribution is -2.65. The van der Waals surface area contributed by atoms with Gasteiger partial charge in [0.25, 0.3) is 0 Å². The number of ether oxygens (including phenoxy) is 4. The van der Waals surface area contributed by atoms with E-state index < -0.39 is 23.8 Å². The Morgan fingerprint density at radius 3 is 2.72 bits per heavy atom. The first-order chi connectivity index (χ1) is 11.9. The average Bonchev–Trinajstić information content (AvgIpc) is 3.15. The predicted molar refractivity (Wildman–Crippen MR) is 87.0 cm³/mol. The van der Waals surface area contributed by atoms with Gasteiger partial charge in [-0.15, -0.1) is 0 Å². The molecular weight excluding hydrogens is 326 g/mol. The van der Waals surface area contributed by atoms with Crippen LogP contribution in [0.2, 0.25) is 0 Å². The minimum absolute atomic E-state index is 0.0210. The van der Waals surface area contributed by atoms with Gasteiger partial charge in [0, 0.05) is 5.56 Å². The number of fused-ring (bicyclic) bond motifs is 4. The zero-order valence-electron chi connectivity index (χ0n) is 14.3. The molecule has 0 aliphatic carbocycles. The van der Waals surface area contributed by atoms with Crippen LogP contribution in [-0.4, -0.2) is 66.6 Å². The second-order valence-corrected chi connectivity index (χ2v) is 7.24.